The number of carbonyl (C=O) groups excluding carboxylic acids is 1. The maximum Gasteiger partial charge on any atom is 0.251 e. The summed E-state index contributed by atoms with van der Waals surface area (Å²) in [5.41, 5.74) is 2.83. The average Bonchev–Trinajstić information content (AvgIpc) is 3.40. The highest BCUT2D eigenvalue weighted by molar-refractivity contribution is 14.0. The summed E-state index contributed by atoms with van der Waals surface area (Å²) in [5.74, 6) is 1.31. The van der Waals surface area contributed by atoms with E-state index in [1.165, 1.54) is 5.56 Å². The quantitative estimate of drug-likeness (QED) is 0.257. The second-order valence-corrected chi connectivity index (χ2v) is 6.65. The van der Waals surface area contributed by atoms with Crippen LogP contribution in [0.5, 0.6) is 0 Å². The summed E-state index contributed by atoms with van der Waals surface area (Å²) < 4.78 is 5.23. The van der Waals surface area contributed by atoms with Gasteiger partial charge in [-0.3, -0.25) is 9.79 Å². The smallest absolute Gasteiger partial charge is 0.251 e. The van der Waals surface area contributed by atoms with Gasteiger partial charge in [0.15, 0.2) is 5.96 Å². The Bertz CT molecular complexity index is 880. The number of amides is 1. The largest absolute Gasteiger partial charge is 0.467 e. The Balaban J connectivity index is 0.00000280. The third-order valence-corrected chi connectivity index (χ3v) is 4.65. The zero-order chi connectivity index (χ0) is 18.9. The first kappa shape index (κ1) is 22.0. The topological polar surface area (TPSA) is 78.7 Å². The van der Waals surface area contributed by atoms with Crippen molar-refractivity contribution in [2.75, 3.05) is 7.05 Å². The van der Waals surface area contributed by atoms with E-state index in [0.717, 1.165) is 17.9 Å². The van der Waals surface area contributed by atoms with Crippen molar-refractivity contribution in [3.8, 4) is 0 Å². The summed E-state index contributed by atoms with van der Waals surface area (Å²) in [4.78, 5) is 16.5. The SMILES string of the molecule is CN=C(NCc1ccsc1)NCc1cccc(C(=O)NCc2ccco2)c1.I. The molecule has 0 spiro atoms. The summed E-state index contributed by atoms with van der Waals surface area (Å²) in [6, 6.07) is 13.2. The maximum absolute atomic E-state index is 12.3. The summed E-state index contributed by atoms with van der Waals surface area (Å²) >= 11 is 1.67. The first-order valence-corrected chi connectivity index (χ1v) is 9.54. The van der Waals surface area contributed by atoms with E-state index >= 15 is 0 Å². The molecule has 2 aromatic heterocycles. The Morgan fingerprint density at radius 2 is 1.86 bits per heavy atom. The summed E-state index contributed by atoms with van der Waals surface area (Å²) in [6.45, 7) is 1.66. The molecule has 0 saturated heterocycles. The van der Waals surface area contributed by atoms with Gasteiger partial charge in [0.2, 0.25) is 0 Å². The lowest BCUT2D eigenvalue weighted by Gasteiger charge is -2.12. The number of hydrogen-bond acceptors (Lipinski definition) is 4. The van der Waals surface area contributed by atoms with Gasteiger partial charge in [0.1, 0.15) is 5.76 Å². The van der Waals surface area contributed by atoms with Crippen LogP contribution in [0.4, 0.5) is 0 Å². The van der Waals surface area contributed by atoms with Gasteiger partial charge in [-0.25, -0.2) is 0 Å². The van der Waals surface area contributed by atoms with Crippen LogP contribution in [0.25, 0.3) is 0 Å². The molecular formula is C20H23IN4O2S. The zero-order valence-corrected chi connectivity index (χ0v) is 18.6. The molecule has 3 N–H and O–H groups in total. The van der Waals surface area contributed by atoms with Crippen molar-refractivity contribution in [2.24, 2.45) is 4.99 Å². The minimum absolute atomic E-state index is 0. The van der Waals surface area contributed by atoms with Crippen molar-refractivity contribution in [1.29, 1.82) is 0 Å². The average molecular weight is 510 g/mol. The van der Waals surface area contributed by atoms with E-state index in [1.807, 2.05) is 24.3 Å². The molecule has 148 valence electrons. The molecule has 1 amide bonds. The van der Waals surface area contributed by atoms with Crippen LogP contribution >= 0.6 is 35.3 Å². The first-order chi connectivity index (χ1) is 13.2. The third kappa shape index (κ3) is 6.68. The maximum atomic E-state index is 12.3. The zero-order valence-electron chi connectivity index (χ0n) is 15.5. The van der Waals surface area contributed by atoms with Crippen LogP contribution < -0.4 is 16.0 Å². The molecule has 3 rings (SSSR count). The molecule has 0 atom stereocenters. The molecule has 0 fully saturated rings. The van der Waals surface area contributed by atoms with Crippen LogP contribution in [0.3, 0.4) is 0 Å². The molecule has 0 aliphatic heterocycles. The number of nitrogens with zero attached hydrogens (tertiary/aromatic N) is 1. The van der Waals surface area contributed by atoms with Crippen molar-refractivity contribution < 1.29 is 9.21 Å². The van der Waals surface area contributed by atoms with Crippen molar-refractivity contribution >= 4 is 47.2 Å². The van der Waals surface area contributed by atoms with Gasteiger partial charge in [0.25, 0.3) is 5.91 Å². The monoisotopic (exact) mass is 510 g/mol. The number of aliphatic imine (C=N–C) groups is 1. The summed E-state index contributed by atoms with van der Waals surface area (Å²) in [7, 11) is 1.74. The highest BCUT2D eigenvalue weighted by Crippen LogP contribution is 2.07. The van der Waals surface area contributed by atoms with Gasteiger partial charge < -0.3 is 20.4 Å². The fourth-order valence-corrected chi connectivity index (χ4v) is 3.16. The van der Waals surface area contributed by atoms with Gasteiger partial charge in [-0.1, -0.05) is 12.1 Å². The molecule has 6 nitrogen and oxygen atoms in total. The fraction of sp³-hybridized carbons (Fsp3) is 0.200. The molecule has 2 heterocycles. The molecule has 8 heteroatoms. The second kappa shape index (κ2) is 11.5. The van der Waals surface area contributed by atoms with E-state index in [-0.39, 0.29) is 29.9 Å². The second-order valence-electron chi connectivity index (χ2n) is 5.87. The van der Waals surface area contributed by atoms with E-state index in [1.54, 1.807) is 36.8 Å². The predicted molar refractivity (Wildman–Crippen MR) is 123 cm³/mol. The molecule has 3 aromatic rings. The highest BCUT2D eigenvalue weighted by atomic mass is 127. The Morgan fingerprint density at radius 3 is 2.54 bits per heavy atom. The fourth-order valence-electron chi connectivity index (χ4n) is 2.49. The van der Waals surface area contributed by atoms with Gasteiger partial charge in [-0.2, -0.15) is 11.3 Å². The Labute approximate surface area is 185 Å². The van der Waals surface area contributed by atoms with Crippen molar-refractivity contribution in [3.63, 3.8) is 0 Å². The minimum Gasteiger partial charge on any atom is -0.467 e. The highest BCUT2D eigenvalue weighted by Gasteiger charge is 2.07. The Kier molecular flexibility index (Phi) is 9.02. The lowest BCUT2D eigenvalue weighted by Crippen LogP contribution is -2.36. The van der Waals surface area contributed by atoms with Gasteiger partial charge in [0.05, 0.1) is 12.8 Å². The third-order valence-electron chi connectivity index (χ3n) is 3.92. The van der Waals surface area contributed by atoms with Gasteiger partial charge in [-0.15, -0.1) is 24.0 Å². The number of guanidine groups is 1. The van der Waals surface area contributed by atoms with Crippen LogP contribution in [0.15, 0.2) is 68.9 Å². The van der Waals surface area contributed by atoms with Crippen LogP contribution in [-0.4, -0.2) is 18.9 Å². The minimum atomic E-state index is -0.131. The van der Waals surface area contributed by atoms with E-state index in [0.29, 0.717) is 24.6 Å². The number of benzene rings is 1. The Morgan fingerprint density at radius 1 is 1.04 bits per heavy atom. The molecule has 0 radical (unpaired) electrons. The Hall–Kier alpha value is -2.33. The normalized spacial score (nSPS) is 10.8. The standard InChI is InChI=1S/C20H22N4O2S.HI/c1-21-20(24-12-16-7-9-27-14-16)23-11-15-4-2-5-17(10-15)19(25)22-13-18-6-3-8-26-18;/h2-10,14H,11-13H2,1H3,(H,22,25)(H2,21,23,24);1H. The van der Waals surface area contributed by atoms with E-state index < -0.39 is 0 Å². The number of carbonyl (C=O) groups is 1. The number of rotatable bonds is 7. The first-order valence-electron chi connectivity index (χ1n) is 8.59. The number of halogens is 1. The predicted octanol–water partition coefficient (Wildman–Crippen LogP) is 3.75. The molecular weight excluding hydrogens is 487 g/mol. The van der Waals surface area contributed by atoms with E-state index in [2.05, 4.69) is 37.8 Å². The van der Waals surface area contributed by atoms with E-state index in [9.17, 15) is 4.79 Å². The molecule has 0 unspecified atom stereocenters. The molecule has 0 saturated carbocycles. The van der Waals surface area contributed by atoms with Crippen molar-refractivity contribution in [1.82, 2.24) is 16.0 Å². The van der Waals surface area contributed by atoms with Gasteiger partial charge >= 0.3 is 0 Å². The lowest BCUT2D eigenvalue weighted by atomic mass is 10.1. The van der Waals surface area contributed by atoms with Gasteiger partial charge in [0, 0.05) is 25.7 Å². The summed E-state index contributed by atoms with van der Waals surface area (Å²) in [6.07, 6.45) is 1.59. The van der Waals surface area contributed by atoms with Crippen LogP contribution in [0.2, 0.25) is 0 Å². The molecule has 28 heavy (non-hydrogen) atoms. The van der Waals surface area contributed by atoms with Crippen LogP contribution in [0.1, 0.15) is 27.2 Å². The summed E-state index contributed by atoms with van der Waals surface area (Å²) in [5, 5.41) is 13.5. The van der Waals surface area contributed by atoms with Crippen LogP contribution in [-0.2, 0) is 19.6 Å². The van der Waals surface area contributed by atoms with Crippen molar-refractivity contribution in [3.05, 3.63) is 81.9 Å². The number of hydrogen-bond donors (Lipinski definition) is 3. The van der Waals surface area contributed by atoms with Crippen molar-refractivity contribution in [2.45, 2.75) is 19.6 Å². The van der Waals surface area contributed by atoms with Crippen LogP contribution in [0, 0.1) is 0 Å². The number of furan rings is 1. The number of nitrogens with one attached hydrogen (secondary N) is 3. The molecule has 0 aliphatic carbocycles. The van der Waals surface area contributed by atoms with Gasteiger partial charge in [-0.05, 0) is 52.2 Å². The number of thiophene rings is 1. The molecule has 0 aliphatic rings. The molecule has 1 aromatic carbocycles. The molecule has 0 bridgehead atoms. The lowest BCUT2D eigenvalue weighted by molar-refractivity contribution is 0.0948. The van der Waals surface area contributed by atoms with E-state index in [4.69, 9.17) is 4.42 Å².